The van der Waals surface area contributed by atoms with Gasteiger partial charge < -0.3 is 29.6 Å². The van der Waals surface area contributed by atoms with Crippen molar-refractivity contribution in [1.82, 2.24) is 20.0 Å². The lowest BCUT2D eigenvalue weighted by atomic mass is 10.2. The number of benzene rings is 2. The average molecular weight is 541 g/mol. The van der Waals surface area contributed by atoms with Crippen LogP contribution in [0.5, 0.6) is 0 Å². The highest BCUT2D eigenvalue weighted by atomic mass is 16.5. The van der Waals surface area contributed by atoms with Gasteiger partial charge in [-0.05, 0) is 37.1 Å². The molecule has 3 aliphatic rings. The van der Waals surface area contributed by atoms with Crippen LogP contribution in [0.3, 0.4) is 0 Å². The maximum atomic E-state index is 13.3. The molecule has 2 aromatic carbocycles. The minimum absolute atomic E-state index is 0.173. The summed E-state index contributed by atoms with van der Waals surface area (Å²) >= 11 is 0. The molecule has 1 saturated heterocycles. The standard InChI is InChI=1S/C29H32N8O3/c38-27-24(19-36(20-8-2-1-3-9-20)25-13-7-6-12-23(25)30-27)31-29-33-32-28(40-29)22-18-37(21-10-4-5-11-21)34-26(22)35-14-16-39-17-15-35/h1-3,6-9,12-13,18,21,24H,4-5,10-11,14-17,19H2,(H,30,38)(H,31,33)/t24-/m0/s1. The first-order valence-electron chi connectivity index (χ1n) is 14.0. The first-order chi connectivity index (χ1) is 19.7. The zero-order valence-electron chi connectivity index (χ0n) is 22.2. The van der Waals surface area contributed by atoms with E-state index in [2.05, 4.69) is 35.3 Å². The van der Waals surface area contributed by atoms with Gasteiger partial charge in [0.1, 0.15) is 11.6 Å². The van der Waals surface area contributed by atoms with E-state index in [4.69, 9.17) is 14.3 Å². The van der Waals surface area contributed by atoms with Gasteiger partial charge in [0.15, 0.2) is 5.82 Å². The molecule has 2 aliphatic heterocycles. The van der Waals surface area contributed by atoms with Gasteiger partial charge in [0, 0.05) is 25.0 Å². The molecule has 0 radical (unpaired) electrons. The topological polar surface area (TPSA) is 114 Å². The second kappa shape index (κ2) is 10.6. The second-order valence-electron chi connectivity index (χ2n) is 10.4. The number of carbonyl (C=O) groups excluding carboxylic acids is 1. The number of nitrogens with zero attached hydrogens (tertiary/aromatic N) is 6. The number of ether oxygens (including phenoxy) is 1. The summed E-state index contributed by atoms with van der Waals surface area (Å²) in [6, 6.07) is 17.8. The molecule has 1 amide bonds. The van der Waals surface area contributed by atoms with Gasteiger partial charge in [0.05, 0.1) is 37.2 Å². The summed E-state index contributed by atoms with van der Waals surface area (Å²) in [6.07, 6.45) is 6.71. The van der Waals surface area contributed by atoms with Crippen LogP contribution in [0.4, 0.5) is 28.9 Å². The van der Waals surface area contributed by atoms with Crippen LogP contribution in [0.1, 0.15) is 31.7 Å². The molecule has 2 fully saturated rings. The van der Waals surface area contributed by atoms with Gasteiger partial charge >= 0.3 is 6.01 Å². The maximum absolute atomic E-state index is 13.3. The fourth-order valence-corrected chi connectivity index (χ4v) is 5.80. The Morgan fingerprint density at radius 1 is 0.950 bits per heavy atom. The molecule has 1 atom stereocenters. The fourth-order valence-electron chi connectivity index (χ4n) is 5.80. The van der Waals surface area contributed by atoms with Crippen LogP contribution in [-0.2, 0) is 9.53 Å². The van der Waals surface area contributed by atoms with E-state index in [-0.39, 0.29) is 11.9 Å². The van der Waals surface area contributed by atoms with Crippen LogP contribution >= 0.6 is 0 Å². The summed E-state index contributed by atoms with van der Waals surface area (Å²) in [4.78, 5) is 17.7. The molecule has 206 valence electrons. The van der Waals surface area contributed by atoms with Gasteiger partial charge in [-0.2, -0.15) is 5.10 Å². The maximum Gasteiger partial charge on any atom is 0.316 e. The van der Waals surface area contributed by atoms with Crippen LogP contribution in [0.15, 0.2) is 65.2 Å². The van der Waals surface area contributed by atoms with Crippen LogP contribution < -0.4 is 20.4 Å². The number of anilines is 5. The minimum atomic E-state index is -0.638. The Morgan fingerprint density at radius 2 is 1.73 bits per heavy atom. The number of nitrogens with one attached hydrogen (secondary N) is 2. The number of hydrogen-bond acceptors (Lipinski definition) is 9. The lowest BCUT2D eigenvalue weighted by Gasteiger charge is -2.27. The third kappa shape index (κ3) is 4.77. The molecular weight excluding hydrogens is 508 g/mol. The zero-order valence-corrected chi connectivity index (χ0v) is 22.2. The molecule has 1 aliphatic carbocycles. The van der Waals surface area contributed by atoms with Crippen molar-refractivity contribution in [2.45, 2.75) is 37.8 Å². The van der Waals surface area contributed by atoms with Gasteiger partial charge in [0.25, 0.3) is 5.89 Å². The van der Waals surface area contributed by atoms with E-state index in [1.54, 1.807) is 0 Å². The molecule has 7 rings (SSSR count). The van der Waals surface area contributed by atoms with Crippen LogP contribution in [-0.4, -0.2) is 64.8 Å². The molecule has 11 nitrogen and oxygen atoms in total. The van der Waals surface area contributed by atoms with E-state index in [9.17, 15) is 4.79 Å². The normalized spacial score (nSPS) is 19.8. The number of amides is 1. The summed E-state index contributed by atoms with van der Waals surface area (Å²) in [7, 11) is 0. The first kappa shape index (κ1) is 24.6. The van der Waals surface area contributed by atoms with Crippen molar-refractivity contribution in [3.63, 3.8) is 0 Å². The van der Waals surface area contributed by atoms with Gasteiger partial charge in [0.2, 0.25) is 5.91 Å². The average Bonchev–Trinajstić information content (AvgIpc) is 3.76. The molecular formula is C29H32N8O3. The van der Waals surface area contributed by atoms with Gasteiger partial charge in [-0.1, -0.05) is 48.3 Å². The number of hydrogen-bond donors (Lipinski definition) is 2. The smallest absolute Gasteiger partial charge is 0.316 e. The third-order valence-electron chi connectivity index (χ3n) is 7.88. The third-order valence-corrected chi connectivity index (χ3v) is 7.88. The Labute approximate surface area is 232 Å². The predicted molar refractivity (Wildman–Crippen MR) is 152 cm³/mol. The van der Waals surface area contributed by atoms with Gasteiger partial charge in [-0.15, -0.1) is 5.10 Å². The highest BCUT2D eigenvalue weighted by molar-refractivity contribution is 6.02. The van der Waals surface area contributed by atoms with Crippen LogP contribution in [0.25, 0.3) is 11.5 Å². The quantitative estimate of drug-likeness (QED) is 0.366. The SMILES string of the molecule is O=C1Nc2ccccc2N(c2ccccc2)C[C@@H]1Nc1nnc(-c2cn(C3CCCC3)nc2N2CCOCC2)o1. The molecule has 0 spiro atoms. The number of rotatable bonds is 6. The fraction of sp³-hybridized carbons (Fsp3) is 0.379. The summed E-state index contributed by atoms with van der Waals surface area (Å²) in [5.74, 6) is 1.04. The summed E-state index contributed by atoms with van der Waals surface area (Å²) in [5, 5.41) is 19.9. The Hall–Kier alpha value is -4.38. The number of para-hydroxylation sites is 3. The largest absolute Gasteiger partial charge is 0.403 e. The van der Waals surface area contributed by atoms with E-state index in [0.29, 0.717) is 31.7 Å². The first-order valence-corrected chi connectivity index (χ1v) is 14.0. The van der Waals surface area contributed by atoms with Crippen molar-refractivity contribution in [2.75, 3.05) is 53.3 Å². The molecule has 40 heavy (non-hydrogen) atoms. The summed E-state index contributed by atoms with van der Waals surface area (Å²) in [5.41, 5.74) is 3.46. The van der Waals surface area contributed by atoms with E-state index in [1.807, 2.05) is 60.8 Å². The molecule has 0 bridgehead atoms. The highest BCUT2D eigenvalue weighted by Crippen LogP contribution is 2.37. The van der Waals surface area contributed by atoms with Gasteiger partial charge in [-0.3, -0.25) is 9.48 Å². The molecule has 2 N–H and O–H groups in total. The van der Waals surface area contributed by atoms with Crippen molar-refractivity contribution in [3.8, 4) is 11.5 Å². The molecule has 4 heterocycles. The predicted octanol–water partition coefficient (Wildman–Crippen LogP) is 4.46. The van der Waals surface area contributed by atoms with Crippen molar-refractivity contribution in [3.05, 3.63) is 60.8 Å². The van der Waals surface area contributed by atoms with Crippen molar-refractivity contribution >= 4 is 34.8 Å². The van der Waals surface area contributed by atoms with Crippen LogP contribution in [0, 0.1) is 0 Å². The zero-order chi connectivity index (χ0) is 26.9. The highest BCUT2D eigenvalue weighted by Gasteiger charge is 2.31. The van der Waals surface area contributed by atoms with Crippen molar-refractivity contribution < 1.29 is 13.9 Å². The Bertz CT molecular complexity index is 1470. The van der Waals surface area contributed by atoms with Crippen molar-refractivity contribution in [2.24, 2.45) is 0 Å². The molecule has 0 unspecified atom stereocenters. The van der Waals surface area contributed by atoms with Gasteiger partial charge in [-0.25, -0.2) is 0 Å². The molecule has 1 saturated carbocycles. The Balaban J connectivity index is 1.17. The lowest BCUT2D eigenvalue weighted by molar-refractivity contribution is -0.116. The summed E-state index contributed by atoms with van der Waals surface area (Å²) in [6.45, 7) is 3.20. The van der Waals surface area contributed by atoms with Crippen molar-refractivity contribution in [1.29, 1.82) is 0 Å². The molecule has 11 heteroatoms. The Kier molecular flexibility index (Phi) is 6.56. The monoisotopic (exact) mass is 540 g/mol. The van der Waals surface area contributed by atoms with Crippen LogP contribution in [0.2, 0.25) is 0 Å². The Morgan fingerprint density at radius 3 is 2.55 bits per heavy atom. The van der Waals surface area contributed by atoms with E-state index in [1.165, 1.54) is 12.8 Å². The number of carbonyl (C=O) groups is 1. The summed E-state index contributed by atoms with van der Waals surface area (Å²) < 4.78 is 13.8. The molecule has 4 aromatic rings. The second-order valence-corrected chi connectivity index (χ2v) is 10.4. The van der Waals surface area contributed by atoms with E-state index < -0.39 is 6.04 Å². The minimum Gasteiger partial charge on any atom is -0.403 e. The lowest BCUT2D eigenvalue weighted by Crippen LogP contribution is -2.40. The van der Waals surface area contributed by atoms with E-state index >= 15 is 0 Å². The molecule has 2 aromatic heterocycles. The number of fused-ring (bicyclic) bond motifs is 1. The number of morpholine rings is 1. The number of aromatic nitrogens is 4. The van der Waals surface area contributed by atoms with E-state index in [0.717, 1.165) is 54.4 Å².